The highest BCUT2D eigenvalue weighted by Gasteiger charge is 2.15. The van der Waals surface area contributed by atoms with Crippen LogP contribution in [-0.2, 0) is 9.53 Å². The number of allylic oxidation sites excluding steroid dienone is 2. The Labute approximate surface area is 127 Å². The Kier molecular flexibility index (Phi) is 6.48. The molecular weight excluding hydrogens is 264 g/mol. The summed E-state index contributed by atoms with van der Waals surface area (Å²) in [6, 6.07) is 7.99. The predicted molar refractivity (Wildman–Crippen MR) is 83.5 cm³/mol. The molecule has 1 aliphatic heterocycles. The van der Waals surface area contributed by atoms with Gasteiger partial charge >= 0.3 is 0 Å². The van der Waals surface area contributed by atoms with E-state index in [1.807, 2.05) is 24.3 Å². The molecular formula is C18H24O3. The van der Waals surface area contributed by atoms with Crippen molar-refractivity contribution in [1.29, 1.82) is 0 Å². The fourth-order valence-corrected chi connectivity index (χ4v) is 2.48. The van der Waals surface area contributed by atoms with E-state index in [4.69, 9.17) is 9.47 Å². The highest BCUT2D eigenvalue weighted by atomic mass is 16.7. The monoisotopic (exact) mass is 288 g/mol. The second-order valence-electron chi connectivity index (χ2n) is 5.33. The normalized spacial score (nSPS) is 20.3. The molecule has 1 fully saturated rings. The molecule has 1 aromatic carbocycles. The maximum Gasteiger partial charge on any atom is 0.199 e. The fraction of sp³-hybridized carbons (Fsp3) is 0.500. The van der Waals surface area contributed by atoms with Crippen LogP contribution in [0.3, 0.4) is 0 Å². The molecule has 21 heavy (non-hydrogen) atoms. The average Bonchev–Trinajstić information content (AvgIpc) is 2.53. The molecule has 2 atom stereocenters. The van der Waals surface area contributed by atoms with Crippen molar-refractivity contribution in [2.45, 2.75) is 51.2 Å². The standard InChI is InChI=1S/C18H24O3/c1-2-3-6-15(12-13-19)16-8-10-17(11-9-16)21-18-7-4-5-14-20-18/h3,6,8-11,13,15,18H,2,4-5,7,12,14H2,1H3/b6-3+/t15-,18?/m1/s1. The van der Waals surface area contributed by atoms with Crippen LogP contribution in [0.15, 0.2) is 36.4 Å². The highest BCUT2D eigenvalue weighted by molar-refractivity contribution is 5.53. The summed E-state index contributed by atoms with van der Waals surface area (Å²) >= 11 is 0. The van der Waals surface area contributed by atoms with Crippen LogP contribution >= 0.6 is 0 Å². The SMILES string of the molecule is CC/C=C/[C@H](CC=O)c1ccc(OC2CCCCO2)cc1. The molecule has 0 aliphatic carbocycles. The van der Waals surface area contributed by atoms with E-state index in [1.165, 1.54) is 0 Å². The summed E-state index contributed by atoms with van der Waals surface area (Å²) in [5, 5.41) is 0. The van der Waals surface area contributed by atoms with Gasteiger partial charge < -0.3 is 14.3 Å². The zero-order valence-corrected chi connectivity index (χ0v) is 12.7. The van der Waals surface area contributed by atoms with Gasteiger partial charge in [0.2, 0.25) is 0 Å². The van der Waals surface area contributed by atoms with Gasteiger partial charge in [-0.3, -0.25) is 0 Å². The van der Waals surface area contributed by atoms with Crippen LogP contribution in [0.2, 0.25) is 0 Å². The van der Waals surface area contributed by atoms with Gasteiger partial charge in [-0.2, -0.15) is 0 Å². The number of rotatable bonds is 7. The van der Waals surface area contributed by atoms with Gasteiger partial charge in [0.25, 0.3) is 0 Å². The third kappa shape index (κ3) is 5.01. The van der Waals surface area contributed by atoms with E-state index in [1.54, 1.807) is 0 Å². The van der Waals surface area contributed by atoms with Crippen molar-refractivity contribution in [3.05, 3.63) is 42.0 Å². The molecule has 114 valence electrons. The Morgan fingerprint density at radius 3 is 2.76 bits per heavy atom. The van der Waals surface area contributed by atoms with Gasteiger partial charge in [-0.15, -0.1) is 0 Å². The van der Waals surface area contributed by atoms with Crippen molar-refractivity contribution in [3.8, 4) is 5.75 Å². The van der Waals surface area contributed by atoms with Crippen molar-refractivity contribution in [1.82, 2.24) is 0 Å². The van der Waals surface area contributed by atoms with E-state index >= 15 is 0 Å². The Balaban J connectivity index is 1.98. The average molecular weight is 288 g/mol. The molecule has 1 saturated heterocycles. The quantitative estimate of drug-likeness (QED) is 0.556. The van der Waals surface area contributed by atoms with E-state index in [2.05, 4.69) is 19.1 Å². The van der Waals surface area contributed by atoms with Gasteiger partial charge in [0.1, 0.15) is 12.0 Å². The smallest absolute Gasteiger partial charge is 0.199 e. The second-order valence-corrected chi connectivity index (χ2v) is 5.33. The molecule has 2 rings (SSSR count). The first-order chi connectivity index (χ1) is 10.3. The summed E-state index contributed by atoms with van der Waals surface area (Å²) in [5.41, 5.74) is 1.14. The van der Waals surface area contributed by atoms with E-state index in [0.717, 1.165) is 49.9 Å². The molecule has 3 nitrogen and oxygen atoms in total. The summed E-state index contributed by atoms with van der Waals surface area (Å²) in [7, 11) is 0. The number of hydrogen-bond donors (Lipinski definition) is 0. The van der Waals surface area contributed by atoms with E-state index in [0.29, 0.717) is 6.42 Å². The first-order valence-electron chi connectivity index (χ1n) is 7.82. The van der Waals surface area contributed by atoms with E-state index < -0.39 is 0 Å². The summed E-state index contributed by atoms with van der Waals surface area (Å²) in [4.78, 5) is 10.8. The van der Waals surface area contributed by atoms with Crippen LogP contribution in [0.25, 0.3) is 0 Å². The molecule has 1 aliphatic rings. The molecule has 1 aromatic rings. The first-order valence-corrected chi connectivity index (χ1v) is 7.82. The number of aldehydes is 1. The minimum absolute atomic E-state index is 0.115. The van der Waals surface area contributed by atoms with Gasteiger partial charge in [0.05, 0.1) is 6.61 Å². The fourth-order valence-electron chi connectivity index (χ4n) is 2.48. The summed E-state index contributed by atoms with van der Waals surface area (Å²) < 4.78 is 11.4. The Morgan fingerprint density at radius 1 is 1.33 bits per heavy atom. The van der Waals surface area contributed by atoms with Crippen molar-refractivity contribution in [3.63, 3.8) is 0 Å². The summed E-state index contributed by atoms with van der Waals surface area (Å²) in [5.74, 6) is 0.984. The van der Waals surface area contributed by atoms with E-state index in [9.17, 15) is 4.79 Å². The number of carbonyl (C=O) groups excluding carboxylic acids is 1. The predicted octanol–water partition coefficient (Wildman–Crippen LogP) is 4.23. The number of hydrogen-bond acceptors (Lipinski definition) is 3. The van der Waals surface area contributed by atoms with Crippen molar-refractivity contribution in [2.24, 2.45) is 0 Å². The Bertz CT molecular complexity index is 444. The lowest BCUT2D eigenvalue weighted by Gasteiger charge is -2.23. The van der Waals surface area contributed by atoms with Crippen molar-refractivity contribution in [2.75, 3.05) is 6.61 Å². The lowest BCUT2D eigenvalue weighted by Crippen LogP contribution is -2.24. The molecule has 0 amide bonds. The number of benzene rings is 1. The molecule has 0 bridgehead atoms. The van der Waals surface area contributed by atoms with E-state index in [-0.39, 0.29) is 12.2 Å². The molecule has 3 heteroatoms. The number of carbonyl (C=O) groups is 1. The van der Waals surface area contributed by atoms with Gasteiger partial charge in [-0.1, -0.05) is 31.2 Å². The molecule has 0 spiro atoms. The van der Waals surface area contributed by atoms with Gasteiger partial charge in [-0.25, -0.2) is 0 Å². The molecule has 0 N–H and O–H groups in total. The lowest BCUT2D eigenvalue weighted by molar-refractivity contribution is -0.108. The molecule has 0 radical (unpaired) electrons. The highest BCUT2D eigenvalue weighted by Crippen LogP contribution is 2.25. The zero-order chi connectivity index (χ0) is 14.9. The largest absolute Gasteiger partial charge is 0.465 e. The topological polar surface area (TPSA) is 35.5 Å². The first kappa shape index (κ1) is 15.8. The maximum atomic E-state index is 10.8. The van der Waals surface area contributed by atoms with Crippen LogP contribution in [-0.4, -0.2) is 19.2 Å². The van der Waals surface area contributed by atoms with Gasteiger partial charge in [-0.05, 0) is 37.0 Å². The second kappa shape index (κ2) is 8.63. The van der Waals surface area contributed by atoms with Gasteiger partial charge in [0.15, 0.2) is 6.29 Å². The molecule has 1 unspecified atom stereocenters. The van der Waals surface area contributed by atoms with Crippen LogP contribution in [0.1, 0.15) is 50.5 Å². The van der Waals surface area contributed by atoms with Crippen LogP contribution in [0.5, 0.6) is 5.75 Å². The maximum absolute atomic E-state index is 10.8. The molecule has 0 saturated carbocycles. The van der Waals surface area contributed by atoms with Crippen molar-refractivity contribution >= 4 is 6.29 Å². The Hall–Kier alpha value is -1.61. The molecule has 0 aromatic heterocycles. The van der Waals surface area contributed by atoms with Crippen molar-refractivity contribution < 1.29 is 14.3 Å². The minimum atomic E-state index is -0.115. The lowest BCUT2D eigenvalue weighted by atomic mass is 9.95. The molecule has 1 heterocycles. The van der Waals surface area contributed by atoms with Gasteiger partial charge in [0, 0.05) is 18.8 Å². The zero-order valence-electron chi connectivity index (χ0n) is 12.7. The number of ether oxygens (including phenoxy) is 2. The minimum Gasteiger partial charge on any atom is -0.465 e. The third-order valence-electron chi connectivity index (χ3n) is 3.67. The third-order valence-corrected chi connectivity index (χ3v) is 3.67. The summed E-state index contributed by atoms with van der Waals surface area (Å²) in [6.07, 6.45) is 9.80. The van der Waals surface area contributed by atoms with Crippen LogP contribution in [0, 0.1) is 0 Å². The van der Waals surface area contributed by atoms with Crippen LogP contribution < -0.4 is 4.74 Å². The Morgan fingerprint density at radius 2 is 2.14 bits per heavy atom. The summed E-state index contributed by atoms with van der Waals surface area (Å²) in [6.45, 7) is 2.88. The van der Waals surface area contributed by atoms with Crippen LogP contribution in [0.4, 0.5) is 0 Å².